The van der Waals surface area contributed by atoms with Crippen LogP contribution in [0.4, 0.5) is 0 Å². The Labute approximate surface area is 138 Å². The topological polar surface area (TPSA) is 95.6 Å². The van der Waals surface area contributed by atoms with Crippen molar-refractivity contribution in [3.05, 3.63) is 38.9 Å². The van der Waals surface area contributed by atoms with Crippen LogP contribution in [0.3, 0.4) is 0 Å². The molecule has 0 amide bonds. The molecule has 6 heteroatoms. The number of aromatic hydroxyl groups is 1. The van der Waals surface area contributed by atoms with E-state index in [1.807, 2.05) is 0 Å². The normalized spacial score (nSPS) is 11.6. The second-order valence-electron chi connectivity index (χ2n) is 7.56. The molecule has 0 bridgehead atoms. The summed E-state index contributed by atoms with van der Waals surface area (Å²) in [6, 6.07) is 4.26. The van der Waals surface area contributed by atoms with Crippen molar-refractivity contribution in [2.45, 2.75) is 65.8 Å². The minimum absolute atomic E-state index is 0.0493. The second-order valence-corrected chi connectivity index (χ2v) is 7.56. The molecule has 0 unspecified atom stereocenters. The first-order valence-electron chi connectivity index (χ1n) is 7.71. The van der Waals surface area contributed by atoms with Gasteiger partial charge in [0.2, 0.25) is 0 Å². The number of nitrogens with one attached hydrogen (secondary N) is 1. The number of nitrogens with zero attached hydrogens (tertiary/aromatic N) is 1. The molecule has 1 rings (SSSR count). The predicted molar refractivity (Wildman–Crippen MR) is 91.7 cm³/mol. The van der Waals surface area contributed by atoms with Gasteiger partial charge < -0.3 is 15.6 Å². The van der Waals surface area contributed by atoms with Crippen molar-refractivity contribution in [1.29, 1.82) is 0 Å². The van der Waals surface area contributed by atoms with Gasteiger partial charge in [0.25, 0.3) is 5.09 Å². The average molecular weight is 326 g/mol. The first-order valence-corrected chi connectivity index (χ1v) is 7.71. The van der Waals surface area contributed by atoms with E-state index >= 15 is 0 Å². The molecule has 3 N–H and O–H groups in total. The van der Waals surface area contributed by atoms with Crippen molar-refractivity contribution < 1.29 is 15.4 Å². The van der Waals surface area contributed by atoms with Gasteiger partial charge in [0.1, 0.15) is 5.75 Å². The maximum absolute atomic E-state index is 10.6. The van der Waals surface area contributed by atoms with Crippen LogP contribution in [-0.4, -0.2) is 21.9 Å². The maximum atomic E-state index is 10.6. The SMILES string of the molecule is CCNCc1cc(C(C)(C)C)c(O)c(C(C)(C)C)c1.O=[N+]([O-])O. The molecule has 0 fully saturated rings. The Morgan fingerprint density at radius 1 is 1.09 bits per heavy atom. The van der Waals surface area contributed by atoms with E-state index in [1.165, 1.54) is 5.56 Å². The van der Waals surface area contributed by atoms with E-state index in [9.17, 15) is 5.11 Å². The van der Waals surface area contributed by atoms with Gasteiger partial charge in [-0.1, -0.05) is 60.6 Å². The Morgan fingerprint density at radius 3 is 1.70 bits per heavy atom. The van der Waals surface area contributed by atoms with Crippen LogP contribution in [0.5, 0.6) is 5.75 Å². The van der Waals surface area contributed by atoms with Crippen LogP contribution in [0.15, 0.2) is 12.1 Å². The minimum atomic E-state index is -1.50. The Balaban J connectivity index is 0.00000108. The number of phenolic OH excluding ortho intramolecular Hbond substituents is 1. The molecule has 0 atom stereocenters. The third kappa shape index (κ3) is 7.32. The lowest BCUT2D eigenvalue weighted by atomic mass is 9.78. The molecular formula is C17H30N2O4. The Kier molecular flexibility index (Phi) is 7.51. The van der Waals surface area contributed by atoms with E-state index < -0.39 is 5.09 Å². The molecule has 0 aromatic heterocycles. The highest BCUT2D eigenvalue weighted by molar-refractivity contribution is 5.49. The lowest BCUT2D eigenvalue weighted by Crippen LogP contribution is -2.19. The fourth-order valence-electron chi connectivity index (χ4n) is 2.21. The summed E-state index contributed by atoms with van der Waals surface area (Å²) in [6.07, 6.45) is 0. The summed E-state index contributed by atoms with van der Waals surface area (Å²) in [7, 11) is 0. The quantitative estimate of drug-likeness (QED) is 0.581. The van der Waals surface area contributed by atoms with Gasteiger partial charge in [0, 0.05) is 6.54 Å². The molecule has 6 nitrogen and oxygen atoms in total. The maximum Gasteiger partial charge on any atom is 0.291 e. The summed E-state index contributed by atoms with van der Waals surface area (Å²) in [5.41, 5.74) is 3.22. The van der Waals surface area contributed by atoms with E-state index in [2.05, 4.69) is 65.9 Å². The Bertz CT molecular complexity index is 489. The standard InChI is InChI=1S/C17H29NO.HNO3/c1-8-18-11-12-9-13(16(2,3)4)15(19)14(10-12)17(5,6)7;2-1(3)4/h9-10,18-19H,8,11H2,1-7H3;(H,2,3,4). The van der Waals surface area contributed by atoms with Gasteiger partial charge in [-0.05, 0) is 34.1 Å². The smallest absolute Gasteiger partial charge is 0.291 e. The predicted octanol–water partition coefficient (Wildman–Crippen LogP) is 3.75. The van der Waals surface area contributed by atoms with Gasteiger partial charge in [-0.15, -0.1) is 10.1 Å². The first kappa shape index (κ1) is 21.2. The van der Waals surface area contributed by atoms with Crippen LogP contribution in [0.1, 0.15) is 65.2 Å². The summed E-state index contributed by atoms with van der Waals surface area (Å²) in [4.78, 5) is 8.36. The highest BCUT2D eigenvalue weighted by atomic mass is 16.9. The van der Waals surface area contributed by atoms with Gasteiger partial charge in [0.05, 0.1) is 0 Å². The van der Waals surface area contributed by atoms with E-state index in [4.69, 9.17) is 15.3 Å². The Hall–Kier alpha value is -1.82. The number of rotatable bonds is 3. The van der Waals surface area contributed by atoms with E-state index in [0.717, 1.165) is 24.2 Å². The van der Waals surface area contributed by atoms with Gasteiger partial charge >= 0.3 is 0 Å². The van der Waals surface area contributed by atoms with Crippen LogP contribution in [-0.2, 0) is 17.4 Å². The Morgan fingerprint density at radius 2 is 1.43 bits per heavy atom. The molecule has 132 valence electrons. The van der Waals surface area contributed by atoms with Crippen molar-refractivity contribution in [1.82, 2.24) is 5.32 Å². The third-order valence-electron chi connectivity index (χ3n) is 3.36. The fourth-order valence-corrected chi connectivity index (χ4v) is 2.21. The molecule has 0 aliphatic heterocycles. The van der Waals surface area contributed by atoms with Crippen LogP contribution in [0.2, 0.25) is 0 Å². The molecule has 0 radical (unpaired) electrons. The van der Waals surface area contributed by atoms with Crippen LogP contribution < -0.4 is 5.32 Å². The second kappa shape index (κ2) is 8.15. The third-order valence-corrected chi connectivity index (χ3v) is 3.36. The zero-order chi connectivity index (χ0) is 18.4. The minimum Gasteiger partial charge on any atom is -0.507 e. The van der Waals surface area contributed by atoms with E-state index in [-0.39, 0.29) is 10.8 Å². The van der Waals surface area contributed by atoms with Crippen molar-refractivity contribution in [3.63, 3.8) is 0 Å². The summed E-state index contributed by atoms with van der Waals surface area (Å²) in [6.45, 7) is 16.8. The number of hydrogen-bond acceptors (Lipinski definition) is 4. The monoisotopic (exact) mass is 326 g/mol. The highest BCUT2D eigenvalue weighted by Crippen LogP contribution is 2.39. The molecule has 0 aliphatic carbocycles. The van der Waals surface area contributed by atoms with Gasteiger partial charge in [-0.25, -0.2) is 0 Å². The van der Waals surface area contributed by atoms with Gasteiger partial charge in [-0.2, -0.15) is 0 Å². The summed E-state index contributed by atoms with van der Waals surface area (Å²) in [5.74, 6) is 0.459. The molecule has 0 heterocycles. The van der Waals surface area contributed by atoms with Crippen molar-refractivity contribution in [2.75, 3.05) is 6.54 Å². The summed E-state index contributed by atoms with van der Waals surface area (Å²) < 4.78 is 0. The molecular weight excluding hydrogens is 296 g/mol. The summed E-state index contributed by atoms with van der Waals surface area (Å²) in [5, 5.41) is 27.6. The molecule has 0 spiro atoms. The molecule has 1 aromatic carbocycles. The zero-order valence-electron chi connectivity index (χ0n) is 15.2. The average Bonchev–Trinajstić information content (AvgIpc) is 2.34. The van der Waals surface area contributed by atoms with E-state index in [0.29, 0.717) is 5.75 Å². The fraction of sp³-hybridized carbons (Fsp3) is 0.647. The zero-order valence-corrected chi connectivity index (χ0v) is 15.2. The molecule has 0 saturated carbocycles. The van der Waals surface area contributed by atoms with Crippen LogP contribution >= 0.6 is 0 Å². The lowest BCUT2D eigenvalue weighted by Gasteiger charge is -2.28. The van der Waals surface area contributed by atoms with Crippen LogP contribution in [0.25, 0.3) is 0 Å². The number of hydrogen-bond donors (Lipinski definition) is 3. The summed E-state index contributed by atoms with van der Waals surface area (Å²) >= 11 is 0. The highest BCUT2D eigenvalue weighted by Gasteiger charge is 2.26. The molecule has 0 aliphatic rings. The number of benzene rings is 1. The molecule has 1 aromatic rings. The first-order chi connectivity index (χ1) is 10.3. The van der Waals surface area contributed by atoms with Gasteiger partial charge in [-0.3, -0.25) is 0 Å². The van der Waals surface area contributed by atoms with Crippen molar-refractivity contribution in [3.8, 4) is 5.75 Å². The van der Waals surface area contributed by atoms with Crippen molar-refractivity contribution in [2.24, 2.45) is 0 Å². The van der Waals surface area contributed by atoms with E-state index in [1.54, 1.807) is 0 Å². The largest absolute Gasteiger partial charge is 0.507 e. The van der Waals surface area contributed by atoms with Gasteiger partial charge in [0.15, 0.2) is 0 Å². The molecule has 0 saturated heterocycles. The number of phenols is 1. The molecule has 23 heavy (non-hydrogen) atoms. The lowest BCUT2D eigenvalue weighted by molar-refractivity contribution is -0.742. The van der Waals surface area contributed by atoms with Crippen LogP contribution in [0, 0.1) is 10.1 Å². The van der Waals surface area contributed by atoms with Crippen molar-refractivity contribution >= 4 is 0 Å².